The molecule has 0 saturated carbocycles. The van der Waals surface area contributed by atoms with E-state index >= 15 is 0 Å². The van der Waals surface area contributed by atoms with Gasteiger partial charge in [-0.15, -0.1) is 0 Å². The van der Waals surface area contributed by atoms with Gasteiger partial charge in [0.25, 0.3) is 0 Å². The largest absolute Gasteiger partial charge is 0.309 e. The zero-order chi connectivity index (χ0) is 39.2. The van der Waals surface area contributed by atoms with Crippen molar-refractivity contribution in [3.63, 3.8) is 0 Å². The van der Waals surface area contributed by atoms with Crippen LogP contribution in [0.5, 0.6) is 0 Å². The van der Waals surface area contributed by atoms with E-state index in [0.29, 0.717) is 0 Å². The first-order valence-electron chi connectivity index (χ1n) is 20.7. The molecule has 2 heteroatoms. The molecule has 8 aromatic carbocycles. The molecule has 2 nitrogen and oxygen atoms in total. The van der Waals surface area contributed by atoms with E-state index in [1.165, 1.54) is 99.6 Å². The fourth-order valence-electron chi connectivity index (χ4n) is 10.2. The van der Waals surface area contributed by atoms with Crippen LogP contribution in [0.3, 0.4) is 0 Å². The summed E-state index contributed by atoms with van der Waals surface area (Å²) in [7, 11) is 0. The highest BCUT2D eigenvalue weighted by molar-refractivity contribution is 6.13. The second-order valence-electron chi connectivity index (χ2n) is 16.8. The van der Waals surface area contributed by atoms with E-state index in [-0.39, 0.29) is 11.3 Å². The van der Waals surface area contributed by atoms with Gasteiger partial charge in [-0.05, 0) is 123 Å². The molecule has 2 aliphatic rings. The molecule has 2 heterocycles. The lowest BCUT2D eigenvalue weighted by molar-refractivity contribution is 0.660. The predicted molar refractivity (Wildman–Crippen MR) is 247 cm³/mol. The number of nitrogens with zero attached hydrogens (tertiary/aromatic N) is 2. The third kappa shape index (κ3) is 5.15. The summed E-state index contributed by atoms with van der Waals surface area (Å²) in [5.74, 6) is 0.249. The summed E-state index contributed by atoms with van der Waals surface area (Å²) in [6, 6.07) is 71.5. The Morgan fingerprint density at radius 2 is 1.19 bits per heavy atom. The quantitative estimate of drug-likeness (QED) is 0.166. The molecular formula is C57H40N2. The summed E-state index contributed by atoms with van der Waals surface area (Å²) in [6.07, 6.45) is 5.71. The topological polar surface area (TPSA) is 9.86 Å². The maximum absolute atomic E-state index is 3.54. The van der Waals surface area contributed by atoms with Gasteiger partial charge in [0.15, 0.2) is 0 Å². The molecule has 0 fully saturated rings. The first-order valence-corrected chi connectivity index (χ1v) is 20.7. The van der Waals surface area contributed by atoms with Crippen LogP contribution in [0.15, 0.2) is 188 Å². The fourth-order valence-corrected chi connectivity index (χ4v) is 10.2. The SMILES string of the molecule is CC1(C)c2ccccc2-c2ccc(-n3c4ccccc4c4cc(-c5ccc6c(c5)c5ccc#cc5n6C5=CC(c6ccccc6)=CC(c6ccccc6)C5)ccc43)cc21. The van der Waals surface area contributed by atoms with Crippen LogP contribution in [0.4, 0.5) is 0 Å². The molecule has 2 aliphatic carbocycles. The fraction of sp³-hybridized carbons (Fsp3) is 0.0877. The van der Waals surface area contributed by atoms with Gasteiger partial charge >= 0.3 is 0 Å². The van der Waals surface area contributed by atoms with Crippen molar-refractivity contribution in [2.45, 2.75) is 31.6 Å². The zero-order valence-corrected chi connectivity index (χ0v) is 33.1. The number of benzene rings is 7. The number of para-hydroxylation sites is 1. The minimum Gasteiger partial charge on any atom is -0.309 e. The van der Waals surface area contributed by atoms with Gasteiger partial charge in [-0.1, -0.05) is 147 Å². The molecule has 10 aromatic rings. The van der Waals surface area contributed by atoms with Crippen molar-refractivity contribution >= 4 is 54.9 Å². The second-order valence-corrected chi connectivity index (χ2v) is 16.8. The molecule has 12 rings (SSSR count). The lowest BCUT2D eigenvalue weighted by Crippen LogP contribution is -2.15. The molecule has 1 unspecified atom stereocenters. The van der Waals surface area contributed by atoms with Gasteiger partial charge < -0.3 is 9.13 Å². The maximum Gasteiger partial charge on any atom is 0.105 e. The van der Waals surface area contributed by atoms with Gasteiger partial charge in [0.2, 0.25) is 0 Å². The van der Waals surface area contributed by atoms with Crippen molar-refractivity contribution in [1.29, 1.82) is 0 Å². The van der Waals surface area contributed by atoms with E-state index in [1.807, 2.05) is 6.07 Å². The average Bonchev–Trinajstić information content (AvgIpc) is 3.89. The van der Waals surface area contributed by atoms with Crippen molar-refractivity contribution in [2.24, 2.45) is 0 Å². The van der Waals surface area contributed by atoms with Crippen molar-refractivity contribution < 1.29 is 0 Å². The van der Waals surface area contributed by atoms with E-state index in [9.17, 15) is 0 Å². The summed E-state index contributed by atoms with van der Waals surface area (Å²) in [4.78, 5) is 0. The predicted octanol–water partition coefficient (Wildman–Crippen LogP) is 14.6. The molecule has 0 aliphatic heterocycles. The Balaban J connectivity index is 0.990. The first kappa shape index (κ1) is 33.8. The van der Waals surface area contributed by atoms with Crippen LogP contribution in [-0.2, 0) is 5.41 Å². The Labute approximate surface area is 344 Å². The highest BCUT2D eigenvalue weighted by atomic mass is 15.0. The van der Waals surface area contributed by atoms with Crippen molar-refractivity contribution in [3.8, 4) is 27.9 Å². The summed E-state index contributed by atoms with van der Waals surface area (Å²) in [5.41, 5.74) is 18.7. The van der Waals surface area contributed by atoms with Gasteiger partial charge in [-0.2, -0.15) is 0 Å². The minimum absolute atomic E-state index is 0.0660. The Morgan fingerprint density at radius 1 is 0.525 bits per heavy atom. The van der Waals surface area contributed by atoms with Crippen LogP contribution in [-0.4, -0.2) is 9.13 Å². The van der Waals surface area contributed by atoms with Gasteiger partial charge in [0.05, 0.1) is 16.6 Å². The number of hydrogen-bond donors (Lipinski definition) is 0. The van der Waals surface area contributed by atoms with Crippen LogP contribution >= 0.6 is 0 Å². The molecule has 278 valence electrons. The highest BCUT2D eigenvalue weighted by Gasteiger charge is 2.35. The maximum atomic E-state index is 3.54. The lowest BCUT2D eigenvalue weighted by atomic mass is 9.82. The Kier molecular flexibility index (Phi) is 7.35. The van der Waals surface area contributed by atoms with Gasteiger partial charge in [-0.25, -0.2) is 0 Å². The van der Waals surface area contributed by atoms with Gasteiger partial charge in [-0.3, -0.25) is 0 Å². The molecular weight excluding hydrogens is 713 g/mol. The van der Waals surface area contributed by atoms with Crippen LogP contribution in [0.25, 0.3) is 82.8 Å². The van der Waals surface area contributed by atoms with E-state index in [4.69, 9.17) is 0 Å². The summed E-state index contributed by atoms with van der Waals surface area (Å²) in [6.45, 7) is 4.72. The van der Waals surface area contributed by atoms with Crippen LogP contribution in [0.2, 0.25) is 0 Å². The van der Waals surface area contributed by atoms with Crippen molar-refractivity contribution in [2.75, 3.05) is 0 Å². The highest BCUT2D eigenvalue weighted by Crippen LogP contribution is 2.50. The van der Waals surface area contributed by atoms with E-state index in [1.54, 1.807) is 0 Å². The van der Waals surface area contributed by atoms with Crippen LogP contribution in [0.1, 0.15) is 48.4 Å². The normalized spacial score (nSPS) is 15.6. The molecule has 0 saturated heterocycles. The number of aromatic nitrogens is 2. The second kappa shape index (κ2) is 12.8. The number of allylic oxidation sites excluding steroid dienone is 4. The van der Waals surface area contributed by atoms with Gasteiger partial charge in [0, 0.05) is 44.3 Å². The van der Waals surface area contributed by atoms with Crippen LogP contribution in [0, 0.1) is 12.1 Å². The number of hydrogen-bond acceptors (Lipinski definition) is 0. The molecule has 0 amide bonds. The molecule has 59 heavy (non-hydrogen) atoms. The summed E-state index contributed by atoms with van der Waals surface area (Å²) >= 11 is 0. The van der Waals surface area contributed by atoms with Crippen molar-refractivity contribution in [1.82, 2.24) is 9.13 Å². The Bertz CT molecular complexity index is 3370. The third-order valence-electron chi connectivity index (χ3n) is 13.1. The lowest BCUT2D eigenvalue weighted by Gasteiger charge is -2.24. The number of fused-ring (bicyclic) bond motifs is 9. The number of rotatable bonds is 5. The molecule has 2 aromatic heterocycles. The van der Waals surface area contributed by atoms with Crippen LogP contribution < -0.4 is 0 Å². The smallest absolute Gasteiger partial charge is 0.105 e. The van der Waals surface area contributed by atoms with E-state index in [2.05, 4.69) is 217 Å². The van der Waals surface area contributed by atoms with E-state index in [0.717, 1.165) is 11.9 Å². The average molecular weight is 753 g/mol. The molecule has 0 radical (unpaired) electrons. The molecule has 0 bridgehead atoms. The van der Waals surface area contributed by atoms with Gasteiger partial charge in [0.1, 0.15) is 5.52 Å². The van der Waals surface area contributed by atoms with Crippen molar-refractivity contribution in [3.05, 3.63) is 222 Å². The standard InChI is InChI=1S/C57H40N2/c1-57(2)51-22-12-9-19-45(51)46-28-27-43(36-52(46)57)58-53-23-13-10-20-47(53)49-34-39(25-29-55(49)58)40-26-30-56-50(35-40)48-21-11-14-24-54(48)59(56)44-32-41(37-15-5-3-6-16-37)31-42(33-44)38-17-7-4-8-18-38/h3-13,15-23,25-32,34-36,42H,33H2,1-2H3. The molecule has 0 N–H and O–H groups in total. The Morgan fingerprint density at radius 3 is 2.00 bits per heavy atom. The molecule has 0 spiro atoms. The van der Waals surface area contributed by atoms with E-state index < -0.39 is 0 Å². The minimum atomic E-state index is -0.0660. The zero-order valence-electron chi connectivity index (χ0n) is 33.1. The summed E-state index contributed by atoms with van der Waals surface area (Å²) in [5, 5.41) is 4.92. The third-order valence-corrected chi connectivity index (χ3v) is 13.1. The Hall–Kier alpha value is -7.34. The molecule has 1 atom stereocenters. The summed E-state index contributed by atoms with van der Waals surface area (Å²) < 4.78 is 4.89. The monoisotopic (exact) mass is 752 g/mol. The first-order chi connectivity index (χ1) is 29.0.